The molecule has 0 aliphatic rings. The molecule has 1 aromatic carbocycles. The van der Waals surface area contributed by atoms with Gasteiger partial charge in [-0.3, -0.25) is 4.98 Å². The number of hydrogen-bond acceptors (Lipinski definition) is 3. The van der Waals surface area contributed by atoms with Crippen molar-refractivity contribution < 1.29 is 9.84 Å². The Balaban J connectivity index is 2.69. The molecule has 3 heteroatoms. The number of nitrogens with zero attached hydrogens (tertiary/aromatic N) is 1. The summed E-state index contributed by atoms with van der Waals surface area (Å²) < 4.78 is 5.13. The van der Waals surface area contributed by atoms with E-state index in [9.17, 15) is 0 Å². The number of fused-ring (bicyclic) bond motifs is 1. The summed E-state index contributed by atoms with van der Waals surface area (Å²) in [6.45, 7) is 1.98. The quantitative estimate of drug-likeness (QED) is 0.812. The van der Waals surface area contributed by atoms with Crippen LogP contribution in [0.4, 0.5) is 0 Å². The van der Waals surface area contributed by atoms with Crippen LogP contribution in [0.5, 0.6) is 5.75 Å². The number of aryl methyl sites for hydroxylation is 1. The van der Waals surface area contributed by atoms with Crippen molar-refractivity contribution in [1.29, 1.82) is 0 Å². The topological polar surface area (TPSA) is 42.4 Å². The van der Waals surface area contributed by atoms with Crippen LogP contribution in [0, 0.1) is 6.92 Å². The van der Waals surface area contributed by atoms with E-state index < -0.39 is 0 Å². The molecule has 0 fully saturated rings. The van der Waals surface area contributed by atoms with Gasteiger partial charge in [0.05, 0.1) is 24.9 Å². The fourth-order valence-electron chi connectivity index (χ4n) is 1.66. The van der Waals surface area contributed by atoms with E-state index in [-0.39, 0.29) is 6.61 Å². The molecular weight excluding hydrogens is 190 g/mol. The first-order valence-electron chi connectivity index (χ1n) is 4.79. The smallest absolute Gasteiger partial charge is 0.121 e. The summed E-state index contributed by atoms with van der Waals surface area (Å²) in [6.07, 6.45) is 0. The van der Waals surface area contributed by atoms with Gasteiger partial charge in [0.25, 0.3) is 0 Å². The minimum absolute atomic E-state index is 0.0337. The molecule has 2 rings (SSSR count). The third kappa shape index (κ3) is 1.78. The lowest BCUT2D eigenvalue weighted by atomic mass is 10.1. The van der Waals surface area contributed by atoms with Gasteiger partial charge in [0.15, 0.2) is 0 Å². The molecule has 0 unspecified atom stereocenters. The lowest BCUT2D eigenvalue weighted by Gasteiger charge is -2.06. The number of rotatable bonds is 2. The minimum Gasteiger partial charge on any atom is -0.497 e. The first-order valence-corrected chi connectivity index (χ1v) is 4.79. The second-order valence-corrected chi connectivity index (χ2v) is 3.47. The number of pyridine rings is 1. The molecule has 0 aliphatic heterocycles. The molecule has 0 radical (unpaired) electrons. The van der Waals surface area contributed by atoms with Crippen LogP contribution in [-0.2, 0) is 6.61 Å². The van der Waals surface area contributed by atoms with E-state index in [1.165, 1.54) is 0 Å². The maximum absolute atomic E-state index is 9.05. The van der Waals surface area contributed by atoms with Gasteiger partial charge in [0.2, 0.25) is 0 Å². The molecular formula is C12H13NO2. The van der Waals surface area contributed by atoms with E-state index in [1.54, 1.807) is 7.11 Å². The molecule has 0 spiro atoms. The number of aliphatic hydroxyl groups is 1. The van der Waals surface area contributed by atoms with Crippen molar-refractivity contribution in [2.24, 2.45) is 0 Å². The number of aromatic nitrogens is 1. The van der Waals surface area contributed by atoms with E-state index in [0.29, 0.717) is 5.69 Å². The molecule has 2 aromatic rings. The van der Waals surface area contributed by atoms with Gasteiger partial charge in [0, 0.05) is 11.5 Å². The highest BCUT2D eigenvalue weighted by atomic mass is 16.5. The standard InChI is InChI=1S/C12H13NO2/c1-8-5-9(7-14)13-12-6-10(15-2)3-4-11(8)12/h3-6,14H,7H2,1-2H3. The van der Waals surface area contributed by atoms with Crippen LogP contribution < -0.4 is 4.74 Å². The zero-order chi connectivity index (χ0) is 10.8. The average Bonchev–Trinajstić information content (AvgIpc) is 2.28. The highest BCUT2D eigenvalue weighted by Gasteiger charge is 2.03. The number of hydrogen-bond donors (Lipinski definition) is 1. The Bertz CT molecular complexity index is 489. The minimum atomic E-state index is -0.0337. The third-order valence-corrected chi connectivity index (χ3v) is 2.44. The van der Waals surface area contributed by atoms with E-state index in [0.717, 1.165) is 22.2 Å². The molecule has 1 N–H and O–H groups in total. The van der Waals surface area contributed by atoms with Crippen molar-refractivity contribution in [1.82, 2.24) is 4.98 Å². The molecule has 0 saturated carbocycles. The van der Waals surface area contributed by atoms with Crippen LogP contribution in [0.1, 0.15) is 11.3 Å². The van der Waals surface area contributed by atoms with Crippen molar-refractivity contribution in [3.63, 3.8) is 0 Å². The van der Waals surface area contributed by atoms with Crippen LogP contribution in [0.15, 0.2) is 24.3 Å². The molecule has 0 saturated heterocycles. The van der Waals surface area contributed by atoms with Gasteiger partial charge < -0.3 is 9.84 Å². The molecule has 3 nitrogen and oxygen atoms in total. The van der Waals surface area contributed by atoms with Crippen LogP contribution in [-0.4, -0.2) is 17.2 Å². The summed E-state index contributed by atoms with van der Waals surface area (Å²) in [5, 5.41) is 10.1. The molecule has 0 aliphatic carbocycles. The second kappa shape index (κ2) is 3.87. The maximum atomic E-state index is 9.05. The molecule has 1 heterocycles. The summed E-state index contributed by atoms with van der Waals surface area (Å²) in [6, 6.07) is 7.67. The number of methoxy groups -OCH3 is 1. The monoisotopic (exact) mass is 203 g/mol. The zero-order valence-corrected chi connectivity index (χ0v) is 8.82. The SMILES string of the molecule is COc1ccc2c(C)cc(CO)nc2c1. The predicted octanol–water partition coefficient (Wildman–Crippen LogP) is 2.04. The fraction of sp³-hybridized carbons (Fsp3) is 0.250. The van der Waals surface area contributed by atoms with Crippen molar-refractivity contribution >= 4 is 10.9 Å². The van der Waals surface area contributed by atoms with Gasteiger partial charge in [-0.25, -0.2) is 0 Å². The Morgan fingerprint density at radius 2 is 2.13 bits per heavy atom. The van der Waals surface area contributed by atoms with E-state index >= 15 is 0 Å². The zero-order valence-electron chi connectivity index (χ0n) is 8.82. The van der Waals surface area contributed by atoms with Crippen LogP contribution in [0.3, 0.4) is 0 Å². The van der Waals surface area contributed by atoms with E-state index in [4.69, 9.17) is 9.84 Å². The Hall–Kier alpha value is -1.61. The maximum Gasteiger partial charge on any atom is 0.121 e. The lowest BCUT2D eigenvalue weighted by Crippen LogP contribution is -1.93. The molecule has 0 amide bonds. The van der Waals surface area contributed by atoms with Crippen molar-refractivity contribution in [2.45, 2.75) is 13.5 Å². The normalized spacial score (nSPS) is 10.6. The summed E-state index contributed by atoms with van der Waals surface area (Å²) >= 11 is 0. The predicted molar refractivity (Wildman–Crippen MR) is 59.0 cm³/mol. The molecule has 78 valence electrons. The Labute approximate surface area is 88.3 Å². The molecule has 1 aromatic heterocycles. The van der Waals surface area contributed by atoms with Gasteiger partial charge in [-0.05, 0) is 30.7 Å². The highest BCUT2D eigenvalue weighted by Crippen LogP contribution is 2.22. The number of ether oxygens (including phenoxy) is 1. The Kier molecular flexibility index (Phi) is 2.56. The molecule has 15 heavy (non-hydrogen) atoms. The van der Waals surface area contributed by atoms with Gasteiger partial charge >= 0.3 is 0 Å². The lowest BCUT2D eigenvalue weighted by molar-refractivity contribution is 0.277. The van der Waals surface area contributed by atoms with Gasteiger partial charge in [-0.2, -0.15) is 0 Å². The summed E-state index contributed by atoms with van der Waals surface area (Å²) in [5.74, 6) is 0.782. The van der Waals surface area contributed by atoms with E-state index in [1.807, 2.05) is 31.2 Å². The average molecular weight is 203 g/mol. The summed E-state index contributed by atoms with van der Waals surface area (Å²) in [7, 11) is 1.63. The Morgan fingerprint density at radius 1 is 1.33 bits per heavy atom. The van der Waals surface area contributed by atoms with Crippen LogP contribution in [0.2, 0.25) is 0 Å². The number of benzene rings is 1. The van der Waals surface area contributed by atoms with Crippen LogP contribution in [0.25, 0.3) is 10.9 Å². The van der Waals surface area contributed by atoms with Gasteiger partial charge in [-0.1, -0.05) is 0 Å². The van der Waals surface area contributed by atoms with Gasteiger partial charge in [-0.15, -0.1) is 0 Å². The Morgan fingerprint density at radius 3 is 2.80 bits per heavy atom. The third-order valence-electron chi connectivity index (χ3n) is 2.44. The second-order valence-electron chi connectivity index (χ2n) is 3.47. The molecule has 0 bridgehead atoms. The number of aliphatic hydroxyl groups excluding tert-OH is 1. The molecule has 0 atom stereocenters. The van der Waals surface area contributed by atoms with Crippen molar-refractivity contribution in [2.75, 3.05) is 7.11 Å². The van der Waals surface area contributed by atoms with Crippen molar-refractivity contribution in [3.8, 4) is 5.75 Å². The summed E-state index contributed by atoms with van der Waals surface area (Å²) in [5.41, 5.74) is 2.67. The first-order chi connectivity index (χ1) is 7.24. The van der Waals surface area contributed by atoms with Crippen LogP contribution >= 0.6 is 0 Å². The largest absolute Gasteiger partial charge is 0.497 e. The summed E-state index contributed by atoms with van der Waals surface area (Å²) in [4.78, 5) is 4.33. The van der Waals surface area contributed by atoms with E-state index in [2.05, 4.69) is 4.98 Å². The van der Waals surface area contributed by atoms with Gasteiger partial charge in [0.1, 0.15) is 5.75 Å². The van der Waals surface area contributed by atoms with Crippen molar-refractivity contribution in [3.05, 3.63) is 35.5 Å². The fourth-order valence-corrected chi connectivity index (χ4v) is 1.66. The first kappa shape index (κ1) is 9.93. The highest BCUT2D eigenvalue weighted by molar-refractivity contribution is 5.83.